The summed E-state index contributed by atoms with van der Waals surface area (Å²) in [5, 5.41) is 7.69. The highest BCUT2D eigenvalue weighted by Gasteiger charge is 2.13. The fourth-order valence-corrected chi connectivity index (χ4v) is 2.36. The molecule has 0 radical (unpaired) electrons. The van der Waals surface area contributed by atoms with Crippen molar-refractivity contribution in [2.75, 3.05) is 6.54 Å². The van der Waals surface area contributed by atoms with Gasteiger partial charge in [0.1, 0.15) is 0 Å². The van der Waals surface area contributed by atoms with Gasteiger partial charge in [-0.15, -0.1) is 11.3 Å². The third kappa shape index (κ3) is 2.68. The van der Waals surface area contributed by atoms with Gasteiger partial charge in [0.05, 0.1) is 11.7 Å². The van der Waals surface area contributed by atoms with E-state index >= 15 is 0 Å². The zero-order valence-corrected chi connectivity index (χ0v) is 10.4. The molecule has 0 aliphatic carbocycles. The largest absolute Gasteiger partial charge is 0.310 e. The highest BCUT2D eigenvalue weighted by molar-refractivity contribution is 7.09. The Bertz CT molecular complexity index is 421. The lowest BCUT2D eigenvalue weighted by Gasteiger charge is -2.14. The minimum Gasteiger partial charge on any atom is -0.310 e. The van der Waals surface area contributed by atoms with Crippen LogP contribution in [0.3, 0.4) is 0 Å². The molecule has 0 spiro atoms. The maximum Gasteiger partial charge on any atom is 0.0794 e. The summed E-state index contributed by atoms with van der Waals surface area (Å²) >= 11 is 1.70. The molecular formula is C11H16N4S. The summed E-state index contributed by atoms with van der Waals surface area (Å²) in [7, 11) is 1.94. The van der Waals surface area contributed by atoms with Crippen LogP contribution in [0.4, 0.5) is 0 Å². The number of nitrogens with zero attached hydrogens (tertiary/aromatic N) is 3. The van der Waals surface area contributed by atoms with Crippen molar-refractivity contribution in [2.45, 2.75) is 19.4 Å². The Kier molecular flexibility index (Phi) is 3.69. The number of thiazole rings is 1. The van der Waals surface area contributed by atoms with Gasteiger partial charge in [0, 0.05) is 42.3 Å². The van der Waals surface area contributed by atoms with E-state index in [4.69, 9.17) is 0 Å². The zero-order valence-electron chi connectivity index (χ0n) is 9.55. The third-order valence-electron chi connectivity index (χ3n) is 2.47. The Labute approximate surface area is 99.3 Å². The molecular weight excluding hydrogens is 220 g/mol. The molecule has 1 unspecified atom stereocenters. The molecule has 0 saturated heterocycles. The Morgan fingerprint density at radius 3 is 2.94 bits per heavy atom. The predicted octanol–water partition coefficient (Wildman–Crippen LogP) is 1.77. The van der Waals surface area contributed by atoms with Crippen molar-refractivity contribution >= 4 is 11.3 Å². The van der Waals surface area contributed by atoms with Crippen molar-refractivity contribution in [1.82, 2.24) is 20.1 Å². The van der Waals surface area contributed by atoms with Gasteiger partial charge < -0.3 is 5.32 Å². The fourth-order valence-electron chi connectivity index (χ4n) is 1.72. The van der Waals surface area contributed by atoms with Crippen LogP contribution >= 0.6 is 11.3 Å². The van der Waals surface area contributed by atoms with E-state index in [1.807, 2.05) is 29.6 Å². The van der Waals surface area contributed by atoms with Crippen LogP contribution in [0.5, 0.6) is 0 Å². The first kappa shape index (κ1) is 11.3. The molecule has 5 heteroatoms. The molecule has 0 aliphatic rings. The van der Waals surface area contributed by atoms with Gasteiger partial charge in [-0.3, -0.25) is 9.67 Å². The lowest BCUT2D eigenvalue weighted by molar-refractivity contribution is 0.552. The van der Waals surface area contributed by atoms with Gasteiger partial charge in [-0.25, -0.2) is 0 Å². The average Bonchev–Trinajstić information content (AvgIpc) is 2.88. The SMILES string of the molecule is CCNC(Cc1cncs1)c1cnn(C)c1. The van der Waals surface area contributed by atoms with Gasteiger partial charge in [-0.2, -0.15) is 5.10 Å². The van der Waals surface area contributed by atoms with E-state index in [0.717, 1.165) is 13.0 Å². The molecule has 4 nitrogen and oxygen atoms in total. The molecule has 2 heterocycles. The number of hydrogen-bond acceptors (Lipinski definition) is 4. The standard InChI is InChI=1S/C11H16N4S/c1-3-13-11(4-10-6-12-8-16-10)9-5-14-15(2)7-9/h5-8,11,13H,3-4H2,1-2H3. The summed E-state index contributed by atoms with van der Waals surface area (Å²) in [5.41, 5.74) is 3.11. The van der Waals surface area contributed by atoms with E-state index in [0.29, 0.717) is 6.04 Å². The molecule has 1 N–H and O–H groups in total. The third-order valence-corrected chi connectivity index (χ3v) is 3.27. The van der Waals surface area contributed by atoms with E-state index < -0.39 is 0 Å². The highest BCUT2D eigenvalue weighted by atomic mass is 32.1. The lowest BCUT2D eigenvalue weighted by Crippen LogP contribution is -2.22. The second-order valence-electron chi connectivity index (χ2n) is 3.73. The van der Waals surface area contributed by atoms with Crippen molar-refractivity contribution in [2.24, 2.45) is 7.05 Å². The van der Waals surface area contributed by atoms with E-state index in [-0.39, 0.29) is 0 Å². The molecule has 2 aromatic rings. The van der Waals surface area contributed by atoms with Crippen LogP contribution in [0.2, 0.25) is 0 Å². The van der Waals surface area contributed by atoms with Crippen LogP contribution in [0.25, 0.3) is 0 Å². The molecule has 0 saturated carbocycles. The van der Waals surface area contributed by atoms with E-state index in [1.54, 1.807) is 11.3 Å². The first-order valence-electron chi connectivity index (χ1n) is 5.39. The zero-order chi connectivity index (χ0) is 11.4. The molecule has 1 atom stereocenters. The predicted molar refractivity (Wildman–Crippen MR) is 65.4 cm³/mol. The fraction of sp³-hybridized carbons (Fsp3) is 0.455. The molecule has 0 aromatic carbocycles. The summed E-state index contributed by atoms with van der Waals surface area (Å²) in [6, 6.07) is 0.333. The van der Waals surface area contributed by atoms with Crippen LogP contribution < -0.4 is 5.32 Å². The molecule has 86 valence electrons. The molecule has 2 rings (SSSR count). The minimum absolute atomic E-state index is 0.333. The van der Waals surface area contributed by atoms with Gasteiger partial charge in [-0.05, 0) is 6.54 Å². The van der Waals surface area contributed by atoms with Crippen LogP contribution in [-0.4, -0.2) is 21.3 Å². The maximum atomic E-state index is 4.21. The Hall–Kier alpha value is -1.20. The van der Waals surface area contributed by atoms with E-state index in [9.17, 15) is 0 Å². The Morgan fingerprint density at radius 1 is 1.50 bits per heavy atom. The number of aromatic nitrogens is 3. The van der Waals surface area contributed by atoms with Gasteiger partial charge >= 0.3 is 0 Å². The Balaban J connectivity index is 2.11. The quantitative estimate of drug-likeness (QED) is 0.860. The van der Waals surface area contributed by atoms with Crippen LogP contribution in [0.1, 0.15) is 23.4 Å². The van der Waals surface area contributed by atoms with Crippen molar-refractivity contribution < 1.29 is 0 Å². The van der Waals surface area contributed by atoms with Gasteiger partial charge in [-0.1, -0.05) is 6.92 Å². The molecule has 0 aliphatic heterocycles. The topological polar surface area (TPSA) is 42.7 Å². The minimum atomic E-state index is 0.333. The van der Waals surface area contributed by atoms with Crippen molar-refractivity contribution in [3.63, 3.8) is 0 Å². The number of rotatable bonds is 5. The lowest BCUT2D eigenvalue weighted by atomic mass is 10.1. The van der Waals surface area contributed by atoms with Gasteiger partial charge in [0.25, 0.3) is 0 Å². The summed E-state index contributed by atoms with van der Waals surface area (Å²) in [6.45, 7) is 3.08. The second-order valence-corrected chi connectivity index (χ2v) is 4.70. The van der Waals surface area contributed by atoms with Gasteiger partial charge in [0.2, 0.25) is 0 Å². The van der Waals surface area contributed by atoms with Gasteiger partial charge in [0.15, 0.2) is 0 Å². The van der Waals surface area contributed by atoms with E-state index in [1.165, 1.54) is 10.4 Å². The molecule has 16 heavy (non-hydrogen) atoms. The summed E-state index contributed by atoms with van der Waals surface area (Å²) in [4.78, 5) is 5.40. The van der Waals surface area contributed by atoms with Crippen molar-refractivity contribution in [1.29, 1.82) is 0 Å². The summed E-state index contributed by atoms with van der Waals surface area (Å²) < 4.78 is 1.84. The van der Waals surface area contributed by atoms with Crippen molar-refractivity contribution in [3.05, 3.63) is 34.5 Å². The molecule has 0 amide bonds. The summed E-state index contributed by atoms with van der Waals surface area (Å²) in [6.07, 6.45) is 6.90. The van der Waals surface area contributed by atoms with Crippen LogP contribution in [0, 0.1) is 0 Å². The number of likely N-dealkylation sites (N-methyl/N-ethyl adjacent to an activating group) is 1. The van der Waals surface area contributed by atoms with Crippen LogP contribution in [-0.2, 0) is 13.5 Å². The molecule has 2 aromatic heterocycles. The first-order valence-corrected chi connectivity index (χ1v) is 6.27. The maximum absolute atomic E-state index is 4.21. The summed E-state index contributed by atoms with van der Waals surface area (Å²) in [5.74, 6) is 0. The number of aryl methyl sites for hydroxylation is 1. The van der Waals surface area contributed by atoms with E-state index in [2.05, 4.69) is 28.5 Å². The molecule has 0 fully saturated rings. The molecule has 0 bridgehead atoms. The Morgan fingerprint density at radius 2 is 2.38 bits per heavy atom. The van der Waals surface area contributed by atoms with Crippen molar-refractivity contribution in [3.8, 4) is 0 Å². The average molecular weight is 236 g/mol. The van der Waals surface area contributed by atoms with Crippen LogP contribution in [0.15, 0.2) is 24.1 Å². The first-order chi connectivity index (χ1) is 7.79. The highest BCUT2D eigenvalue weighted by Crippen LogP contribution is 2.19. The second kappa shape index (κ2) is 5.23. The number of hydrogen-bond donors (Lipinski definition) is 1. The smallest absolute Gasteiger partial charge is 0.0794 e. The monoisotopic (exact) mass is 236 g/mol. The normalized spacial score (nSPS) is 12.9. The number of nitrogens with one attached hydrogen (secondary N) is 1.